The summed E-state index contributed by atoms with van der Waals surface area (Å²) in [6.07, 6.45) is 0. The van der Waals surface area contributed by atoms with Gasteiger partial charge in [0.1, 0.15) is 11.5 Å². The maximum atomic E-state index is 12.9. The Hall–Kier alpha value is -3.60. The number of carbonyl (C=O) groups excluding carboxylic acids is 2. The van der Waals surface area contributed by atoms with Crippen LogP contribution in [0.3, 0.4) is 0 Å². The van der Waals surface area contributed by atoms with E-state index in [4.69, 9.17) is 9.47 Å². The van der Waals surface area contributed by atoms with Crippen LogP contribution in [0, 0.1) is 6.92 Å². The van der Waals surface area contributed by atoms with Crippen LogP contribution in [-0.4, -0.2) is 25.4 Å². The molecule has 1 amide bonds. The Morgan fingerprint density at radius 2 is 1.67 bits per heavy atom. The highest BCUT2D eigenvalue weighted by Crippen LogP contribution is 2.27. The Morgan fingerprint density at radius 3 is 2.37 bits per heavy atom. The predicted molar refractivity (Wildman–Crippen MR) is 116 cm³/mol. The number of methoxy groups -OCH3 is 1. The lowest BCUT2D eigenvalue weighted by molar-refractivity contribution is -0.123. The van der Waals surface area contributed by atoms with Gasteiger partial charge in [0.05, 0.1) is 18.7 Å². The van der Waals surface area contributed by atoms with Crippen LogP contribution in [0.25, 0.3) is 0 Å². The zero-order valence-electron chi connectivity index (χ0n) is 17.3. The highest BCUT2D eigenvalue weighted by atomic mass is 16.5. The number of nitrogens with one attached hydrogen (secondary N) is 1. The van der Waals surface area contributed by atoms with Gasteiger partial charge >= 0.3 is 0 Å². The van der Waals surface area contributed by atoms with Gasteiger partial charge in [0.25, 0.3) is 5.91 Å². The Morgan fingerprint density at radius 1 is 0.967 bits per heavy atom. The molecule has 1 N–H and O–H groups in total. The number of aryl methyl sites for hydroxylation is 1. The number of rotatable bonds is 8. The summed E-state index contributed by atoms with van der Waals surface area (Å²) in [5, 5.41) is 2.94. The maximum absolute atomic E-state index is 12.9. The molecule has 3 rings (SSSR count). The van der Waals surface area contributed by atoms with Gasteiger partial charge in [-0.1, -0.05) is 54.6 Å². The van der Waals surface area contributed by atoms with Gasteiger partial charge in [-0.3, -0.25) is 9.59 Å². The summed E-state index contributed by atoms with van der Waals surface area (Å²) in [6.45, 7) is 3.72. The van der Waals surface area contributed by atoms with Gasteiger partial charge in [-0.25, -0.2) is 0 Å². The monoisotopic (exact) mass is 403 g/mol. The van der Waals surface area contributed by atoms with Crippen molar-refractivity contribution in [2.24, 2.45) is 0 Å². The molecule has 0 aliphatic heterocycles. The third-order valence-corrected chi connectivity index (χ3v) is 4.86. The molecular weight excluding hydrogens is 378 g/mol. The van der Waals surface area contributed by atoms with E-state index in [9.17, 15) is 9.59 Å². The van der Waals surface area contributed by atoms with Crippen LogP contribution in [0.4, 0.5) is 0 Å². The summed E-state index contributed by atoms with van der Waals surface area (Å²) in [6, 6.07) is 21.7. The average molecular weight is 403 g/mol. The minimum atomic E-state index is -0.272. The number of ether oxygens (including phenoxy) is 2. The first-order chi connectivity index (χ1) is 14.5. The lowest BCUT2D eigenvalue weighted by Crippen LogP contribution is -2.31. The second-order valence-corrected chi connectivity index (χ2v) is 6.99. The van der Waals surface area contributed by atoms with Crippen LogP contribution in [0.2, 0.25) is 0 Å². The summed E-state index contributed by atoms with van der Waals surface area (Å²) in [4.78, 5) is 25.4. The normalized spacial score (nSPS) is 11.4. The number of hydrogen-bond donors (Lipinski definition) is 1. The topological polar surface area (TPSA) is 64.6 Å². The molecule has 0 bridgehead atoms. The van der Waals surface area contributed by atoms with Crippen LogP contribution < -0.4 is 14.8 Å². The Labute approximate surface area is 176 Å². The molecule has 0 saturated carbocycles. The molecule has 0 aliphatic carbocycles. The van der Waals surface area contributed by atoms with Crippen LogP contribution in [0.1, 0.15) is 40.0 Å². The zero-order chi connectivity index (χ0) is 21.5. The summed E-state index contributed by atoms with van der Waals surface area (Å²) in [5.41, 5.74) is 3.08. The lowest BCUT2D eigenvalue weighted by atomic mass is 10.0. The number of hydrogen-bond acceptors (Lipinski definition) is 4. The third-order valence-electron chi connectivity index (χ3n) is 4.86. The third kappa shape index (κ3) is 5.06. The molecule has 3 aromatic carbocycles. The standard InChI is InChI=1S/C25H25NO4/c1-17-9-7-8-12-21(17)18(2)26-24(27)16-30-23-15-20(29-3)13-14-22(23)25(28)19-10-5-4-6-11-19/h4-15,18H,16H2,1-3H3,(H,26,27)/t18-/m0/s1. The molecule has 0 radical (unpaired) electrons. The van der Waals surface area contributed by atoms with Crippen molar-refractivity contribution in [2.75, 3.05) is 13.7 Å². The van der Waals surface area contributed by atoms with Gasteiger partial charge in [0.15, 0.2) is 12.4 Å². The van der Waals surface area contributed by atoms with E-state index in [0.29, 0.717) is 22.6 Å². The Balaban J connectivity index is 1.73. The summed E-state index contributed by atoms with van der Waals surface area (Å²) >= 11 is 0. The highest BCUT2D eigenvalue weighted by Gasteiger charge is 2.18. The number of benzene rings is 3. The van der Waals surface area contributed by atoms with Crippen molar-refractivity contribution in [3.05, 3.63) is 95.1 Å². The first-order valence-corrected chi connectivity index (χ1v) is 9.75. The molecule has 0 heterocycles. The number of carbonyl (C=O) groups is 2. The van der Waals surface area contributed by atoms with E-state index in [2.05, 4.69) is 5.32 Å². The number of amides is 1. The number of ketones is 1. The average Bonchev–Trinajstić information content (AvgIpc) is 2.77. The fourth-order valence-electron chi connectivity index (χ4n) is 3.26. The van der Waals surface area contributed by atoms with Crippen LogP contribution in [0.15, 0.2) is 72.8 Å². The maximum Gasteiger partial charge on any atom is 0.258 e. The largest absolute Gasteiger partial charge is 0.497 e. The molecule has 5 nitrogen and oxygen atoms in total. The first-order valence-electron chi connectivity index (χ1n) is 9.75. The van der Waals surface area contributed by atoms with Crippen molar-refractivity contribution in [3.63, 3.8) is 0 Å². The molecule has 0 unspecified atom stereocenters. The van der Waals surface area contributed by atoms with Gasteiger partial charge in [-0.05, 0) is 37.1 Å². The minimum absolute atomic E-state index is 0.155. The lowest BCUT2D eigenvalue weighted by Gasteiger charge is -2.17. The van der Waals surface area contributed by atoms with Crippen LogP contribution >= 0.6 is 0 Å². The van der Waals surface area contributed by atoms with Crippen LogP contribution in [-0.2, 0) is 4.79 Å². The van der Waals surface area contributed by atoms with E-state index in [0.717, 1.165) is 11.1 Å². The van der Waals surface area contributed by atoms with Gasteiger partial charge in [0.2, 0.25) is 0 Å². The van der Waals surface area contributed by atoms with Gasteiger partial charge in [0, 0.05) is 11.6 Å². The molecule has 0 saturated heterocycles. The van der Waals surface area contributed by atoms with Crippen molar-refractivity contribution in [2.45, 2.75) is 19.9 Å². The molecule has 0 aromatic heterocycles. The van der Waals surface area contributed by atoms with Gasteiger partial charge in [-0.15, -0.1) is 0 Å². The predicted octanol–water partition coefficient (Wildman–Crippen LogP) is 4.49. The first kappa shape index (κ1) is 21.1. The summed E-state index contributed by atoms with van der Waals surface area (Å²) < 4.78 is 11.0. The molecule has 3 aromatic rings. The fraction of sp³-hybridized carbons (Fsp3) is 0.200. The van der Waals surface area contributed by atoms with E-state index in [1.165, 1.54) is 7.11 Å². The SMILES string of the molecule is COc1ccc(C(=O)c2ccccc2)c(OCC(=O)N[C@@H](C)c2ccccc2C)c1. The van der Waals surface area contributed by atoms with Crippen molar-refractivity contribution >= 4 is 11.7 Å². The van der Waals surface area contributed by atoms with Crippen LogP contribution in [0.5, 0.6) is 11.5 Å². The summed E-state index contributed by atoms with van der Waals surface area (Å²) in [5.74, 6) is 0.402. The highest BCUT2D eigenvalue weighted by molar-refractivity contribution is 6.10. The van der Waals surface area contributed by atoms with Gasteiger partial charge < -0.3 is 14.8 Å². The van der Waals surface area contributed by atoms with E-state index in [1.54, 1.807) is 42.5 Å². The fourth-order valence-corrected chi connectivity index (χ4v) is 3.26. The van der Waals surface area contributed by atoms with Crippen molar-refractivity contribution in [1.29, 1.82) is 0 Å². The van der Waals surface area contributed by atoms with E-state index < -0.39 is 0 Å². The van der Waals surface area contributed by atoms with Gasteiger partial charge in [-0.2, -0.15) is 0 Å². The molecule has 30 heavy (non-hydrogen) atoms. The molecular formula is C25H25NO4. The second-order valence-electron chi connectivity index (χ2n) is 6.99. The van der Waals surface area contributed by atoms with Crippen molar-refractivity contribution in [3.8, 4) is 11.5 Å². The zero-order valence-corrected chi connectivity index (χ0v) is 17.3. The van der Waals surface area contributed by atoms with E-state index in [-0.39, 0.29) is 24.3 Å². The molecule has 154 valence electrons. The van der Waals surface area contributed by atoms with E-state index in [1.807, 2.05) is 44.2 Å². The smallest absolute Gasteiger partial charge is 0.258 e. The quantitative estimate of drug-likeness (QED) is 0.563. The Kier molecular flexibility index (Phi) is 6.86. The van der Waals surface area contributed by atoms with E-state index >= 15 is 0 Å². The molecule has 0 fully saturated rings. The second kappa shape index (κ2) is 9.74. The minimum Gasteiger partial charge on any atom is -0.497 e. The molecule has 5 heteroatoms. The summed E-state index contributed by atoms with van der Waals surface area (Å²) in [7, 11) is 1.54. The molecule has 1 atom stereocenters. The van der Waals surface area contributed by atoms with Crippen molar-refractivity contribution < 1.29 is 19.1 Å². The molecule has 0 spiro atoms. The van der Waals surface area contributed by atoms with Crippen molar-refractivity contribution in [1.82, 2.24) is 5.32 Å². The molecule has 0 aliphatic rings. The Bertz CT molecular complexity index is 1030.